The molecule has 2 aromatic rings. The van der Waals surface area contributed by atoms with Crippen LogP contribution < -0.4 is 5.32 Å². The first-order chi connectivity index (χ1) is 14.4. The number of carbonyl (C=O) groups is 2. The van der Waals surface area contributed by atoms with Gasteiger partial charge in [0.2, 0.25) is 0 Å². The second-order valence-electron chi connectivity index (χ2n) is 7.82. The van der Waals surface area contributed by atoms with Gasteiger partial charge in [-0.25, -0.2) is 4.79 Å². The zero-order valence-electron chi connectivity index (χ0n) is 16.9. The van der Waals surface area contributed by atoms with Crippen LogP contribution in [0.25, 0.3) is 0 Å². The molecule has 1 aliphatic heterocycles. The average Bonchev–Trinajstić information content (AvgIpc) is 3.39. The molecule has 9 heteroatoms. The summed E-state index contributed by atoms with van der Waals surface area (Å²) in [7, 11) is 0. The number of carbonyl (C=O) groups excluding carboxylic acids is 2. The van der Waals surface area contributed by atoms with Gasteiger partial charge >= 0.3 is 5.97 Å². The smallest absolute Gasteiger partial charge is 0.337 e. The zero-order valence-corrected chi connectivity index (χ0v) is 19.3. The molecule has 0 bridgehead atoms. The van der Waals surface area contributed by atoms with Gasteiger partial charge in [-0.2, -0.15) is 5.10 Å². The van der Waals surface area contributed by atoms with Gasteiger partial charge in [0.1, 0.15) is 5.76 Å². The van der Waals surface area contributed by atoms with Crippen LogP contribution in [0.3, 0.4) is 0 Å². The van der Waals surface area contributed by atoms with Crippen molar-refractivity contribution in [3.63, 3.8) is 0 Å². The Morgan fingerprint density at radius 2 is 2.17 bits per heavy atom. The van der Waals surface area contributed by atoms with E-state index >= 15 is 0 Å². The van der Waals surface area contributed by atoms with Gasteiger partial charge < -0.3 is 14.5 Å². The number of hydrogen-bond acceptors (Lipinski definition) is 6. The molecule has 2 aromatic heterocycles. The molecule has 0 unspecified atom stereocenters. The lowest BCUT2D eigenvalue weighted by atomic mass is 9.84. The molecule has 3 heterocycles. The third-order valence-corrected chi connectivity index (χ3v) is 7.02. The highest BCUT2D eigenvalue weighted by molar-refractivity contribution is 9.10. The third kappa shape index (κ3) is 4.67. The lowest BCUT2D eigenvalue weighted by molar-refractivity contribution is -0.143. The molecule has 0 saturated heterocycles. The fraction of sp³-hybridized carbons (Fsp3) is 0.476. The Morgan fingerprint density at radius 3 is 2.90 bits per heavy atom. The van der Waals surface area contributed by atoms with E-state index in [0.717, 1.165) is 30.2 Å². The number of rotatable bonds is 6. The number of fused-ring (bicyclic) bond motifs is 1. The lowest BCUT2D eigenvalue weighted by Crippen LogP contribution is -2.27. The number of hydrogen-bond donors (Lipinski definition) is 1. The van der Waals surface area contributed by atoms with Gasteiger partial charge in [-0.05, 0) is 54.8 Å². The normalized spacial score (nSPS) is 21.1. The third-order valence-electron chi connectivity index (χ3n) is 5.18. The Labute approximate surface area is 187 Å². The number of ether oxygens (including phenoxy) is 1. The molecule has 2 aliphatic rings. The second kappa shape index (κ2) is 9.01. The summed E-state index contributed by atoms with van der Waals surface area (Å²) in [5, 5.41) is 8.03. The van der Waals surface area contributed by atoms with Crippen molar-refractivity contribution >= 4 is 39.6 Å². The van der Waals surface area contributed by atoms with E-state index in [9.17, 15) is 9.59 Å². The van der Waals surface area contributed by atoms with Crippen LogP contribution in [0.15, 0.2) is 44.0 Å². The summed E-state index contributed by atoms with van der Waals surface area (Å²) >= 11 is 4.94. The summed E-state index contributed by atoms with van der Waals surface area (Å²) in [6, 6.07) is 3.40. The molecule has 1 saturated carbocycles. The molecule has 4 rings (SSSR count). The fourth-order valence-corrected chi connectivity index (χ4v) is 5.77. The average molecular weight is 494 g/mol. The molecule has 7 nitrogen and oxygen atoms in total. The molecule has 0 spiro atoms. The molecule has 1 fully saturated rings. The molecule has 1 amide bonds. The number of esters is 1. The van der Waals surface area contributed by atoms with Gasteiger partial charge in [0.05, 0.1) is 33.9 Å². The maximum Gasteiger partial charge on any atom is 0.337 e. The summed E-state index contributed by atoms with van der Waals surface area (Å²) in [6.07, 6.45) is 7.54. The second-order valence-corrected chi connectivity index (χ2v) is 9.99. The first kappa shape index (κ1) is 21.2. The van der Waals surface area contributed by atoms with E-state index in [1.165, 1.54) is 0 Å². The van der Waals surface area contributed by atoms with Crippen LogP contribution in [0.2, 0.25) is 0 Å². The number of nitrogens with zero attached hydrogens (tertiary/aromatic N) is 2. The topological polar surface area (TPSA) is 86.4 Å². The van der Waals surface area contributed by atoms with Crippen molar-refractivity contribution in [1.82, 2.24) is 15.1 Å². The van der Waals surface area contributed by atoms with Crippen molar-refractivity contribution in [3.05, 3.63) is 51.1 Å². The summed E-state index contributed by atoms with van der Waals surface area (Å²) in [5.74, 6) is 0.272. The van der Waals surface area contributed by atoms with Gasteiger partial charge in [0, 0.05) is 17.4 Å². The van der Waals surface area contributed by atoms with Gasteiger partial charge in [-0.1, -0.05) is 12.8 Å². The molecule has 30 heavy (non-hydrogen) atoms. The SMILES string of the molecule is CC(C)OC(=O)C1=C(NC(=O)c2ccc(Cn3cc(Br)cn3)o2)S[C@@H]2CCCC[C@@H]12. The maximum absolute atomic E-state index is 12.8. The van der Waals surface area contributed by atoms with Crippen LogP contribution in [-0.2, 0) is 16.1 Å². The molecule has 160 valence electrons. The van der Waals surface area contributed by atoms with Crippen LogP contribution in [0.1, 0.15) is 55.8 Å². The van der Waals surface area contributed by atoms with E-state index in [4.69, 9.17) is 9.15 Å². The highest BCUT2D eigenvalue weighted by Crippen LogP contribution is 2.48. The number of halogens is 1. The highest BCUT2D eigenvalue weighted by atomic mass is 79.9. The first-order valence-electron chi connectivity index (χ1n) is 10.1. The molecule has 0 aromatic carbocycles. The van der Waals surface area contributed by atoms with Gasteiger partial charge in [-0.3, -0.25) is 9.48 Å². The summed E-state index contributed by atoms with van der Waals surface area (Å²) < 4.78 is 13.8. The van der Waals surface area contributed by atoms with E-state index in [-0.39, 0.29) is 29.7 Å². The van der Waals surface area contributed by atoms with E-state index in [0.29, 0.717) is 28.2 Å². The van der Waals surface area contributed by atoms with Crippen LogP contribution in [0.4, 0.5) is 0 Å². The largest absolute Gasteiger partial charge is 0.460 e. The van der Waals surface area contributed by atoms with Gasteiger partial charge in [-0.15, -0.1) is 11.8 Å². The Kier molecular flexibility index (Phi) is 6.38. The van der Waals surface area contributed by atoms with E-state index < -0.39 is 0 Å². The Balaban J connectivity index is 1.50. The monoisotopic (exact) mass is 493 g/mol. The van der Waals surface area contributed by atoms with Crippen LogP contribution >= 0.6 is 27.7 Å². The van der Waals surface area contributed by atoms with Gasteiger partial charge in [0.15, 0.2) is 5.76 Å². The minimum atomic E-state index is -0.362. The Bertz CT molecular complexity index is 981. The molecule has 1 N–H and O–H groups in total. The van der Waals surface area contributed by atoms with Crippen LogP contribution in [-0.4, -0.2) is 33.0 Å². The predicted octanol–water partition coefficient (Wildman–Crippen LogP) is 4.49. The van der Waals surface area contributed by atoms with E-state index in [1.807, 2.05) is 20.0 Å². The predicted molar refractivity (Wildman–Crippen MR) is 117 cm³/mol. The first-order valence-corrected chi connectivity index (χ1v) is 11.8. The number of aromatic nitrogens is 2. The Morgan fingerprint density at radius 1 is 1.37 bits per heavy atom. The summed E-state index contributed by atoms with van der Waals surface area (Å²) in [6.45, 7) is 4.09. The number of thioether (sulfide) groups is 1. The van der Waals surface area contributed by atoms with Crippen molar-refractivity contribution in [1.29, 1.82) is 0 Å². The minimum absolute atomic E-state index is 0.135. The van der Waals surface area contributed by atoms with Crippen molar-refractivity contribution in [2.24, 2.45) is 5.92 Å². The standard InChI is InChI=1S/C21H24BrN3O4S/c1-12(2)28-21(27)18-15-5-3-4-6-17(15)30-20(18)24-19(26)16-8-7-14(29-16)11-25-10-13(22)9-23-25/h7-10,12,15,17H,3-6,11H2,1-2H3,(H,24,26)/t15-,17-/m1/s1. The van der Waals surface area contributed by atoms with Crippen LogP contribution in [0.5, 0.6) is 0 Å². The highest BCUT2D eigenvalue weighted by Gasteiger charge is 2.42. The molecule has 1 aliphatic carbocycles. The minimum Gasteiger partial charge on any atom is -0.460 e. The molecule has 2 atom stereocenters. The summed E-state index contributed by atoms with van der Waals surface area (Å²) in [4.78, 5) is 25.6. The fourth-order valence-electron chi connectivity index (χ4n) is 3.90. The van der Waals surface area contributed by atoms with E-state index in [2.05, 4.69) is 26.3 Å². The molecule has 0 radical (unpaired) electrons. The van der Waals surface area contributed by atoms with Crippen molar-refractivity contribution in [2.75, 3.05) is 0 Å². The molecular weight excluding hydrogens is 470 g/mol. The zero-order chi connectivity index (χ0) is 21.3. The van der Waals surface area contributed by atoms with Crippen molar-refractivity contribution in [3.8, 4) is 0 Å². The maximum atomic E-state index is 12.8. The lowest BCUT2D eigenvalue weighted by Gasteiger charge is -2.25. The quantitative estimate of drug-likeness (QED) is 0.596. The van der Waals surface area contributed by atoms with Crippen molar-refractivity contribution < 1.29 is 18.7 Å². The number of furan rings is 1. The van der Waals surface area contributed by atoms with Gasteiger partial charge in [0.25, 0.3) is 5.91 Å². The number of amides is 1. The summed E-state index contributed by atoms with van der Waals surface area (Å²) in [5.41, 5.74) is 0.611. The van der Waals surface area contributed by atoms with Crippen LogP contribution in [0, 0.1) is 5.92 Å². The Hall–Kier alpha value is -2.00. The molecular formula is C21H24BrN3O4S. The van der Waals surface area contributed by atoms with E-state index in [1.54, 1.807) is 34.8 Å². The van der Waals surface area contributed by atoms with Crippen molar-refractivity contribution in [2.45, 2.75) is 57.4 Å². The number of nitrogens with one attached hydrogen (secondary N) is 1.